The Kier molecular flexibility index (Phi) is 13.1. The Hall–Kier alpha value is -8.76. The zero-order valence-electron chi connectivity index (χ0n) is 47.1. The van der Waals surface area contributed by atoms with E-state index in [2.05, 4.69) is 312 Å². The van der Waals surface area contributed by atoms with Crippen LogP contribution in [0.3, 0.4) is 0 Å². The molecule has 10 aromatic carbocycles. The van der Waals surface area contributed by atoms with Gasteiger partial charge in [0.25, 0.3) is 0 Å². The SMILES string of the molecule is CC(C)(C)c1ccnc(-n2c3[c-]c(Oc4[c-]c(N5[CH-]N(c6c(-c7ccccc7)cc(C(C)(C)C)cc6-c6ccccc6)c6ccccc65)cc(C5(C)c6ccccc6-c6ccccc65)c4)ccc3c3cccc(-c4ccccc4)c32)c1.[Pt]. The summed E-state index contributed by atoms with van der Waals surface area (Å²) in [4.78, 5) is 9.78. The molecular formula is C76H61N4OPt-3. The summed E-state index contributed by atoms with van der Waals surface area (Å²) in [6, 6.07) is 90.9. The van der Waals surface area contributed by atoms with E-state index in [1.165, 1.54) is 33.4 Å². The Morgan fingerprint density at radius 2 is 1.00 bits per heavy atom. The summed E-state index contributed by atoms with van der Waals surface area (Å²) in [6.45, 7) is 18.3. The zero-order valence-corrected chi connectivity index (χ0v) is 49.4. The molecule has 0 saturated heterocycles. The van der Waals surface area contributed by atoms with E-state index in [0.717, 1.165) is 89.3 Å². The molecule has 14 rings (SSSR count). The first kappa shape index (κ1) is 52.6. The van der Waals surface area contributed by atoms with Crippen molar-refractivity contribution in [2.45, 2.75) is 64.7 Å². The van der Waals surface area contributed by atoms with Crippen LogP contribution in [-0.4, -0.2) is 9.55 Å². The molecule has 5 nitrogen and oxygen atoms in total. The number of nitrogens with zero attached hydrogens (tertiary/aromatic N) is 4. The Labute approximate surface area is 496 Å². The van der Waals surface area contributed by atoms with E-state index in [9.17, 15) is 0 Å². The number of pyridine rings is 1. The van der Waals surface area contributed by atoms with Crippen molar-refractivity contribution in [3.8, 4) is 61.8 Å². The van der Waals surface area contributed by atoms with E-state index in [1.54, 1.807) is 0 Å². The molecule has 2 aliphatic rings. The van der Waals surface area contributed by atoms with Gasteiger partial charge in [0.2, 0.25) is 0 Å². The zero-order chi connectivity index (χ0) is 55.2. The van der Waals surface area contributed by atoms with Gasteiger partial charge in [0.05, 0.1) is 0 Å². The molecular weight excluding hydrogens is 1180 g/mol. The maximum Gasteiger partial charge on any atom is 0.135 e. The minimum Gasteiger partial charge on any atom is -0.509 e. The second-order valence-electron chi connectivity index (χ2n) is 23.8. The number of fused-ring (bicyclic) bond motifs is 7. The monoisotopic (exact) mass is 1240 g/mol. The van der Waals surface area contributed by atoms with Crippen molar-refractivity contribution >= 4 is 44.6 Å². The number of hydrogen-bond acceptors (Lipinski definition) is 4. The molecule has 3 heterocycles. The van der Waals surface area contributed by atoms with Crippen LogP contribution in [0.1, 0.15) is 76.3 Å². The molecule has 0 fully saturated rings. The van der Waals surface area contributed by atoms with E-state index in [4.69, 9.17) is 9.72 Å². The van der Waals surface area contributed by atoms with Gasteiger partial charge in [-0.2, -0.15) is 6.07 Å². The summed E-state index contributed by atoms with van der Waals surface area (Å²) in [6.07, 6.45) is 1.93. The molecule has 82 heavy (non-hydrogen) atoms. The molecule has 0 atom stereocenters. The number of rotatable bonds is 9. The maximum atomic E-state index is 7.29. The second kappa shape index (κ2) is 20.3. The fraction of sp³-hybridized carbons (Fsp3) is 0.132. The molecule has 6 heteroatoms. The third-order valence-corrected chi connectivity index (χ3v) is 16.7. The summed E-state index contributed by atoms with van der Waals surface area (Å²) < 4.78 is 9.56. The van der Waals surface area contributed by atoms with Gasteiger partial charge in [-0.1, -0.05) is 217 Å². The van der Waals surface area contributed by atoms with E-state index >= 15 is 0 Å². The van der Waals surface area contributed by atoms with Crippen molar-refractivity contribution in [3.05, 3.63) is 283 Å². The van der Waals surface area contributed by atoms with Gasteiger partial charge in [0, 0.05) is 83.4 Å². The summed E-state index contributed by atoms with van der Waals surface area (Å²) >= 11 is 0. The fourth-order valence-electron chi connectivity index (χ4n) is 12.5. The first-order chi connectivity index (χ1) is 39.3. The molecule has 0 N–H and O–H groups in total. The van der Waals surface area contributed by atoms with Gasteiger partial charge >= 0.3 is 0 Å². The van der Waals surface area contributed by atoms with Crippen molar-refractivity contribution in [1.29, 1.82) is 0 Å². The van der Waals surface area contributed by atoms with Crippen LogP contribution in [0.2, 0.25) is 0 Å². The first-order valence-electron chi connectivity index (χ1n) is 28.1. The minimum absolute atomic E-state index is 0. The Balaban J connectivity index is 0.00000631. The van der Waals surface area contributed by atoms with Crippen molar-refractivity contribution in [3.63, 3.8) is 0 Å². The van der Waals surface area contributed by atoms with Crippen LogP contribution in [0.4, 0.5) is 22.7 Å². The van der Waals surface area contributed by atoms with Crippen LogP contribution in [-0.2, 0) is 37.3 Å². The molecule has 1 aliphatic heterocycles. The van der Waals surface area contributed by atoms with E-state index < -0.39 is 5.41 Å². The van der Waals surface area contributed by atoms with Crippen LogP contribution < -0.4 is 14.5 Å². The van der Waals surface area contributed by atoms with E-state index in [-0.39, 0.29) is 31.9 Å². The van der Waals surface area contributed by atoms with Crippen molar-refractivity contribution in [2.24, 2.45) is 0 Å². The number of hydrogen-bond donors (Lipinski definition) is 0. The van der Waals surface area contributed by atoms with Crippen LogP contribution in [0.5, 0.6) is 11.5 Å². The molecule has 0 radical (unpaired) electrons. The number of anilines is 4. The molecule has 0 amide bonds. The standard InChI is InChI=1S/C76H61N4O.Pt/c1-74(2,3)53-40-41-77-71(46-53)80-70-48-57(38-39-62(70)63-33-23-32-59(73(63)80)50-24-11-8-12-25-50)81-58-43-55(76(7)66-34-19-17-30-60(66)61-31-18-20-35-67(61)76)42-56(47-58)78-49-79(69-37-22-21-36-68(69)78)72-64(51-26-13-9-14-27-51)44-54(75(4,5)6)45-65(72)52-28-15-10-16-29-52;/h8-46,49H,1-7H3;/q-3;. The van der Waals surface area contributed by atoms with E-state index in [0.29, 0.717) is 11.5 Å². The van der Waals surface area contributed by atoms with Gasteiger partial charge in [-0.25, -0.2) is 4.98 Å². The molecule has 12 aromatic rings. The van der Waals surface area contributed by atoms with Gasteiger partial charge in [-0.3, -0.25) is 0 Å². The maximum absolute atomic E-state index is 7.29. The summed E-state index contributed by atoms with van der Waals surface area (Å²) in [5.74, 6) is 1.98. The molecule has 1 aliphatic carbocycles. The van der Waals surface area contributed by atoms with Gasteiger partial charge in [0.1, 0.15) is 5.82 Å². The third-order valence-electron chi connectivity index (χ3n) is 16.7. The van der Waals surface area contributed by atoms with Gasteiger partial charge in [0.15, 0.2) is 0 Å². The molecule has 0 spiro atoms. The molecule has 404 valence electrons. The number of aromatic nitrogens is 2. The Morgan fingerprint density at radius 3 is 1.60 bits per heavy atom. The summed E-state index contributed by atoms with van der Waals surface area (Å²) in [7, 11) is 0. The minimum atomic E-state index is -0.546. The van der Waals surface area contributed by atoms with Crippen molar-refractivity contribution < 1.29 is 25.8 Å². The summed E-state index contributed by atoms with van der Waals surface area (Å²) in [5, 5.41) is 2.18. The van der Waals surface area contributed by atoms with Gasteiger partial charge in [-0.15, -0.1) is 53.6 Å². The molecule has 0 unspecified atom stereocenters. The number of para-hydroxylation sites is 3. The van der Waals surface area contributed by atoms with Crippen molar-refractivity contribution in [1.82, 2.24) is 9.55 Å². The number of benzene rings is 10. The quantitative estimate of drug-likeness (QED) is 0.135. The Morgan fingerprint density at radius 1 is 0.463 bits per heavy atom. The fourth-order valence-corrected chi connectivity index (χ4v) is 12.5. The van der Waals surface area contributed by atoms with Crippen LogP contribution in [0.15, 0.2) is 237 Å². The van der Waals surface area contributed by atoms with Crippen molar-refractivity contribution in [2.75, 3.05) is 9.80 Å². The van der Waals surface area contributed by atoms with E-state index in [1.807, 2.05) is 6.20 Å². The normalized spacial score (nSPS) is 13.5. The second-order valence-corrected chi connectivity index (χ2v) is 23.8. The summed E-state index contributed by atoms with van der Waals surface area (Å²) in [5.41, 5.74) is 20.6. The van der Waals surface area contributed by atoms with Gasteiger partial charge < -0.3 is 19.1 Å². The van der Waals surface area contributed by atoms with Crippen LogP contribution in [0, 0.1) is 18.8 Å². The smallest absolute Gasteiger partial charge is 0.135 e. The largest absolute Gasteiger partial charge is 0.509 e. The predicted octanol–water partition coefficient (Wildman–Crippen LogP) is 19.9. The van der Waals surface area contributed by atoms with Crippen LogP contribution >= 0.6 is 0 Å². The van der Waals surface area contributed by atoms with Crippen LogP contribution in [0.25, 0.3) is 72.1 Å². The molecule has 0 bridgehead atoms. The number of ether oxygens (including phenoxy) is 1. The third kappa shape index (κ3) is 8.85. The average molecular weight is 1240 g/mol. The predicted molar refractivity (Wildman–Crippen MR) is 335 cm³/mol. The molecule has 0 saturated carbocycles. The topological polar surface area (TPSA) is 33.5 Å². The first-order valence-corrected chi connectivity index (χ1v) is 28.1. The average Bonchev–Trinajstić information content (AvgIpc) is 2.61. The molecule has 2 aromatic heterocycles. The Bertz CT molecular complexity index is 4290. The van der Waals surface area contributed by atoms with Gasteiger partial charge in [-0.05, 0) is 110 Å².